The van der Waals surface area contributed by atoms with Gasteiger partial charge in [0.2, 0.25) is 0 Å². The first-order valence-corrected chi connectivity index (χ1v) is 7.13. The van der Waals surface area contributed by atoms with Gasteiger partial charge in [-0.05, 0) is 37.0 Å². The molecule has 0 aromatic rings. The standard InChI is InChI=1S/C14H28N2/c1-11-7-12(2)9-16(8-11)10-13-5-3-4-6-14(13)15/h11-14H,3-10,15H2,1-2H3. The monoisotopic (exact) mass is 224 g/mol. The van der Waals surface area contributed by atoms with Crippen molar-refractivity contribution in [1.29, 1.82) is 0 Å². The molecule has 2 fully saturated rings. The quantitative estimate of drug-likeness (QED) is 0.781. The molecule has 1 heterocycles. The first kappa shape index (κ1) is 12.4. The van der Waals surface area contributed by atoms with Crippen molar-refractivity contribution in [2.24, 2.45) is 23.5 Å². The molecule has 2 nitrogen and oxygen atoms in total. The summed E-state index contributed by atoms with van der Waals surface area (Å²) in [5, 5.41) is 0. The number of likely N-dealkylation sites (tertiary alicyclic amines) is 1. The van der Waals surface area contributed by atoms with Crippen molar-refractivity contribution in [2.75, 3.05) is 19.6 Å². The Balaban J connectivity index is 1.83. The lowest BCUT2D eigenvalue weighted by Gasteiger charge is -2.39. The lowest BCUT2D eigenvalue weighted by molar-refractivity contribution is 0.105. The van der Waals surface area contributed by atoms with Gasteiger partial charge in [-0.3, -0.25) is 0 Å². The fraction of sp³-hybridized carbons (Fsp3) is 1.00. The fourth-order valence-corrected chi connectivity index (χ4v) is 3.74. The lowest BCUT2D eigenvalue weighted by atomic mass is 9.83. The van der Waals surface area contributed by atoms with Crippen molar-refractivity contribution in [3.8, 4) is 0 Å². The SMILES string of the molecule is CC1CC(C)CN(CC2CCCCC2N)C1. The van der Waals surface area contributed by atoms with Gasteiger partial charge in [-0.2, -0.15) is 0 Å². The molecule has 0 spiro atoms. The third kappa shape index (κ3) is 3.21. The van der Waals surface area contributed by atoms with Crippen LogP contribution in [0.25, 0.3) is 0 Å². The molecule has 0 radical (unpaired) electrons. The highest BCUT2D eigenvalue weighted by atomic mass is 15.1. The molecular formula is C14H28N2. The van der Waals surface area contributed by atoms with Crippen molar-refractivity contribution in [1.82, 2.24) is 4.90 Å². The lowest BCUT2D eigenvalue weighted by Crippen LogP contribution is -2.46. The predicted molar refractivity (Wildman–Crippen MR) is 69.3 cm³/mol. The van der Waals surface area contributed by atoms with E-state index in [1.807, 2.05) is 0 Å². The molecule has 0 aromatic heterocycles. The Bertz CT molecular complexity index is 207. The zero-order valence-corrected chi connectivity index (χ0v) is 11.0. The van der Waals surface area contributed by atoms with Crippen LogP contribution in [0.3, 0.4) is 0 Å². The summed E-state index contributed by atoms with van der Waals surface area (Å²) in [5.74, 6) is 2.53. The van der Waals surface area contributed by atoms with E-state index in [-0.39, 0.29) is 0 Å². The third-order valence-corrected chi connectivity index (χ3v) is 4.41. The summed E-state index contributed by atoms with van der Waals surface area (Å²) in [5.41, 5.74) is 6.24. The Labute approximate surface area is 101 Å². The van der Waals surface area contributed by atoms with Crippen LogP contribution in [-0.4, -0.2) is 30.6 Å². The van der Waals surface area contributed by atoms with Gasteiger partial charge in [0.15, 0.2) is 0 Å². The van der Waals surface area contributed by atoms with Crippen LogP contribution < -0.4 is 5.73 Å². The molecule has 0 aromatic carbocycles. The summed E-state index contributed by atoms with van der Waals surface area (Å²) < 4.78 is 0. The molecule has 94 valence electrons. The van der Waals surface area contributed by atoms with Gasteiger partial charge in [0, 0.05) is 25.7 Å². The first-order chi connectivity index (χ1) is 7.65. The molecule has 1 saturated carbocycles. The summed E-state index contributed by atoms with van der Waals surface area (Å²) >= 11 is 0. The number of rotatable bonds is 2. The molecule has 2 aliphatic rings. The summed E-state index contributed by atoms with van der Waals surface area (Å²) in [6.07, 6.45) is 6.78. The highest BCUT2D eigenvalue weighted by Crippen LogP contribution is 2.27. The Morgan fingerprint density at radius 3 is 2.31 bits per heavy atom. The summed E-state index contributed by atoms with van der Waals surface area (Å²) in [6, 6.07) is 0.473. The highest BCUT2D eigenvalue weighted by Gasteiger charge is 2.27. The maximum absolute atomic E-state index is 6.24. The summed E-state index contributed by atoms with van der Waals surface area (Å²) in [7, 11) is 0. The Morgan fingerprint density at radius 1 is 1.06 bits per heavy atom. The molecular weight excluding hydrogens is 196 g/mol. The van der Waals surface area contributed by atoms with Gasteiger partial charge in [0.05, 0.1) is 0 Å². The van der Waals surface area contributed by atoms with E-state index in [4.69, 9.17) is 5.73 Å². The molecule has 1 aliphatic carbocycles. The molecule has 4 unspecified atom stereocenters. The minimum absolute atomic E-state index is 0.473. The van der Waals surface area contributed by atoms with Gasteiger partial charge in [-0.1, -0.05) is 26.7 Å². The highest BCUT2D eigenvalue weighted by molar-refractivity contribution is 4.83. The minimum atomic E-state index is 0.473. The molecule has 2 N–H and O–H groups in total. The van der Waals surface area contributed by atoms with Crippen LogP contribution >= 0.6 is 0 Å². The molecule has 1 aliphatic heterocycles. The Hall–Kier alpha value is -0.0800. The van der Waals surface area contributed by atoms with Crippen molar-refractivity contribution in [3.63, 3.8) is 0 Å². The van der Waals surface area contributed by atoms with Crippen LogP contribution in [0.2, 0.25) is 0 Å². The van der Waals surface area contributed by atoms with Gasteiger partial charge in [-0.15, -0.1) is 0 Å². The van der Waals surface area contributed by atoms with E-state index in [1.54, 1.807) is 0 Å². The molecule has 0 amide bonds. The van der Waals surface area contributed by atoms with Gasteiger partial charge in [0.1, 0.15) is 0 Å². The van der Waals surface area contributed by atoms with Crippen LogP contribution in [0, 0.1) is 17.8 Å². The average Bonchev–Trinajstić information content (AvgIpc) is 2.20. The third-order valence-electron chi connectivity index (χ3n) is 4.41. The summed E-state index contributed by atoms with van der Waals surface area (Å²) in [6.45, 7) is 8.64. The number of nitrogens with zero attached hydrogens (tertiary/aromatic N) is 1. The molecule has 4 atom stereocenters. The largest absolute Gasteiger partial charge is 0.327 e. The molecule has 16 heavy (non-hydrogen) atoms. The maximum Gasteiger partial charge on any atom is 0.00793 e. The Morgan fingerprint density at radius 2 is 1.69 bits per heavy atom. The van der Waals surface area contributed by atoms with Crippen molar-refractivity contribution in [2.45, 2.75) is 52.0 Å². The number of nitrogens with two attached hydrogens (primary N) is 1. The zero-order chi connectivity index (χ0) is 11.5. The normalized spacial score (nSPS) is 42.2. The zero-order valence-electron chi connectivity index (χ0n) is 11.0. The van der Waals surface area contributed by atoms with Crippen LogP contribution in [0.5, 0.6) is 0 Å². The van der Waals surface area contributed by atoms with Gasteiger partial charge in [-0.25, -0.2) is 0 Å². The van der Waals surface area contributed by atoms with E-state index in [1.165, 1.54) is 51.7 Å². The smallest absolute Gasteiger partial charge is 0.00793 e. The van der Waals surface area contributed by atoms with E-state index >= 15 is 0 Å². The second-order valence-electron chi connectivity index (χ2n) is 6.37. The minimum Gasteiger partial charge on any atom is -0.327 e. The molecule has 2 heteroatoms. The fourth-order valence-electron chi connectivity index (χ4n) is 3.74. The predicted octanol–water partition coefficient (Wildman–Crippen LogP) is 2.48. The van der Waals surface area contributed by atoms with Crippen molar-refractivity contribution < 1.29 is 0 Å². The number of hydrogen-bond acceptors (Lipinski definition) is 2. The van der Waals surface area contributed by atoms with E-state index in [0.29, 0.717) is 6.04 Å². The Kier molecular flexibility index (Phi) is 4.26. The molecule has 0 bridgehead atoms. The molecule has 1 saturated heterocycles. The van der Waals surface area contributed by atoms with Crippen molar-refractivity contribution >= 4 is 0 Å². The summed E-state index contributed by atoms with van der Waals surface area (Å²) in [4.78, 5) is 2.68. The van der Waals surface area contributed by atoms with Gasteiger partial charge < -0.3 is 10.6 Å². The van der Waals surface area contributed by atoms with Crippen LogP contribution in [0.4, 0.5) is 0 Å². The maximum atomic E-state index is 6.24. The van der Waals surface area contributed by atoms with E-state index in [9.17, 15) is 0 Å². The number of hydrogen-bond donors (Lipinski definition) is 1. The molecule has 2 rings (SSSR count). The first-order valence-electron chi connectivity index (χ1n) is 7.13. The topological polar surface area (TPSA) is 29.3 Å². The second kappa shape index (κ2) is 5.50. The van der Waals surface area contributed by atoms with Crippen LogP contribution in [0.15, 0.2) is 0 Å². The van der Waals surface area contributed by atoms with Gasteiger partial charge >= 0.3 is 0 Å². The average molecular weight is 224 g/mol. The van der Waals surface area contributed by atoms with Crippen LogP contribution in [0.1, 0.15) is 46.0 Å². The second-order valence-corrected chi connectivity index (χ2v) is 6.37. The van der Waals surface area contributed by atoms with Gasteiger partial charge in [0.25, 0.3) is 0 Å². The van der Waals surface area contributed by atoms with E-state index in [0.717, 1.165) is 17.8 Å². The van der Waals surface area contributed by atoms with E-state index < -0.39 is 0 Å². The number of piperidine rings is 1. The van der Waals surface area contributed by atoms with Crippen molar-refractivity contribution in [3.05, 3.63) is 0 Å². The van der Waals surface area contributed by atoms with E-state index in [2.05, 4.69) is 18.7 Å². The van der Waals surface area contributed by atoms with Crippen LogP contribution in [-0.2, 0) is 0 Å².